The standard InChI is InChI=1S/C16H21BrF2/c1-16(2)9-4-3-7-12(16)13(17)10-11-6-5-8-14(18)15(11)19/h5-6,8,12-13H,3-4,7,9-10H2,1-2H3. The number of alkyl halides is 1. The molecule has 1 aliphatic rings. The zero-order chi connectivity index (χ0) is 14.0. The van der Waals surface area contributed by atoms with Gasteiger partial charge in [0.25, 0.3) is 0 Å². The average Bonchev–Trinajstić information content (AvgIpc) is 2.34. The predicted octanol–water partition coefficient (Wildman–Crippen LogP) is 5.49. The molecule has 1 aliphatic carbocycles. The topological polar surface area (TPSA) is 0 Å². The van der Waals surface area contributed by atoms with E-state index in [2.05, 4.69) is 29.8 Å². The van der Waals surface area contributed by atoms with Crippen molar-refractivity contribution in [2.24, 2.45) is 11.3 Å². The first-order chi connectivity index (χ1) is 8.92. The van der Waals surface area contributed by atoms with Gasteiger partial charge in [-0.2, -0.15) is 0 Å². The van der Waals surface area contributed by atoms with Crippen LogP contribution >= 0.6 is 15.9 Å². The highest BCUT2D eigenvalue weighted by molar-refractivity contribution is 9.09. The van der Waals surface area contributed by atoms with Crippen molar-refractivity contribution in [2.45, 2.75) is 50.8 Å². The van der Waals surface area contributed by atoms with Crippen LogP contribution in [0.2, 0.25) is 0 Å². The summed E-state index contributed by atoms with van der Waals surface area (Å²) in [7, 11) is 0. The molecule has 19 heavy (non-hydrogen) atoms. The summed E-state index contributed by atoms with van der Waals surface area (Å²) in [6.45, 7) is 4.57. The van der Waals surface area contributed by atoms with Crippen molar-refractivity contribution >= 4 is 15.9 Å². The number of benzene rings is 1. The van der Waals surface area contributed by atoms with Gasteiger partial charge in [0.2, 0.25) is 0 Å². The number of hydrogen-bond donors (Lipinski definition) is 0. The summed E-state index contributed by atoms with van der Waals surface area (Å²) in [6.07, 6.45) is 5.45. The Bertz CT molecular complexity index is 442. The largest absolute Gasteiger partial charge is 0.204 e. The second-order valence-corrected chi connectivity index (χ2v) is 7.45. The monoisotopic (exact) mass is 330 g/mol. The molecule has 0 heterocycles. The van der Waals surface area contributed by atoms with Crippen LogP contribution in [-0.2, 0) is 6.42 Å². The quantitative estimate of drug-likeness (QED) is 0.643. The van der Waals surface area contributed by atoms with Crippen LogP contribution in [0.5, 0.6) is 0 Å². The number of rotatable bonds is 3. The van der Waals surface area contributed by atoms with Gasteiger partial charge in [-0.3, -0.25) is 0 Å². The molecule has 0 amide bonds. The van der Waals surface area contributed by atoms with E-state index in [4.69, 9.17) is 0 Å². The molecule has 1 fully saturated rings. The molecule has 0 bridgehead atoms. The molecule has 0 nitrogen and oxygen atoms in total. The molecule has 1 aromatic carbocycles. The Morgan fingerprint density at radius 1 is 1.32 bits per heavy atom. The average molecular weight is 331 g/mol. The Kier molecular flexibility index (Phi) is 4.65. The first kappa shape index (κ1) is 15.0. The summed E-state index contributed by atoms with van der Waals surface area (Å²) in [4.78, 5) is 0.207. The maximum Gasteiger partial charge on any atom is 0.162 e. The maximum atomic E-state index is 13.7. The Morgan fingerprint density at radius 2 is 2.05 bits per heavy atom. The van der Waals surface area contributed by atoms with Crippen molar-refractivity contribution in [1.29, 1.82) is 0 Å². The Labute approximate surface area is 122 Å². The van der Waals surface area contributed by atoms with E-state index < -0.39 is 11.6 Å². The van der Waals surface area contributed by atoms with Crippen LogP contribution in [0, 0.1) is 23.0 Å². The third kappa shape index (κ3) is 3.36. The van der Waals surface area contributed by atoms with Crippen LogP contribution in [-0.4, -0.2) is 4.83 Å². The number of halogens is 3. The summed E-state index contributed by atoms with van der Waals surface area (Å²) in [5, 5.41) is 0. The molecular weight excluding hydrogens is 310 g/mol. The lowest BCUT2D eigenvalue weighted by Gasteiger charge is -2.41. The second kappa shape index (κ2) is 5.90. The predicted molar refractivity (Wildman–Crippen MR) is 78.5 cm³/mol. The molecule has 1 saturated carbocycles. The molecule has 2 atom stereocenters. The van der Waals surface area contributed by atoms with Gasteiger partial charge < -0.3 is 0 Å². The van der Waals surface area contributed by atoms with Gasteiger partial charge in [0.1, 0.15) is 0 Å². The van der Waals surface area contributed by atoms with E-state index in [1.165, 1.54) is 31.7 Å². The van der Waals surface area contributed by atoms with E-state index in [1.54, 1.807) is 12.1 Å². The Hall–Kier alpha value is -0.440. The maximum absolute atomic E-state index is 13.7. The number of hydrogen-bond acceptors (Lipinski definition) is 0. The highest BCUT2D eigenvalue weighted by Gasteiger charge is 2.36. The van der Waals surface area contributed by atoms with Gasteiger partial charge in [-0.15, -0.1) is 0 Å². The first-order valence-electron chi connectivity index (χ1n) is 6.99. The molecule has 0 radical (unpaired) electrons. The molecule has 106 valence electrons. The van der Waals surface area contributed by atoms with E-state index in [1.807, 2.05) is 0 Å². The second-order valence-electron chi connectivity index (χ2n) is 6.27. The fourth-order valence-electron chi connectivity index (χ4n) is 3.25. The van der Waals surface area contributed by atoms with Gasteiger partial charge >= 0.3 is 0 Å². The molecule has 3 heteroatoms. The van der Waals surface area contributed by atoms with E-state index >= 15 is 0 Å². The van der Waals surface area contributed by atoms with E-state index in [0.717, 1.165) is 0 Å². The van der Waals surface area contributed by atoms with Crippen molar-refractivity contribution < 1.29 is 8.78 Å². The fraction of sp³-hybridized carbons (Fsp3) is 0.625. The zero-order valence-electron chi connectivity index (χ0n) is 11.6. The molecule has 0 spiro atoms. The van der Waals surface area contributed by atoms with Gasteiger partial charge in [-0.25, -0.2) is 8.78 Å². The fourth-order valence-corrected chi connectivity index (χ4v) is 4.58. The van der Waals surface area contributed by atoms with Gasteiger partial charge in [0.15, 0.2) is 11.6 Å². The highest BCUT2D eigenvalue weighted by Crippen LogP contribution is 2.45. The third-order valence-corrected chi connectivity index (χ3v) is 5.43. The summed E-state index contributed by atoms with van der Waals surface area (Å²) in [6, 6.07) is 4.44. The minimum atomic E-state index is -0.750. The summed E-state index contributed by atoms with van der Waals surface area (Å²) < 4.78 is 27.0. The van der Waals surface area contributed by atoms with Gasteiger partial charge in [-0.1, -0.05) is 54.8 Å². The van der Waals surface area contributed by atoms with Crippen molar-refractivity contribution in [3.63, 3.8) is 0 Å². The van der Waals surface area contributed by atoms with Crippen LogP contribution < -0.4 is 0 Å². The van der Waals surface area contributed by atoms with E-state index in [0.29, 0.717) is 17.9 Å². The molecule has 0 N–H and O–H groups in total. The van der Waals surface area contributed by atoms with Crippen LogP contribution in [0.25, 0.3) is 0 Å². The normalized spacial score (nSPS) is 24.2. The third-order valence-electron chi connectivity index (χ3n) is 4.47. The van der Waals surface area contributed by atoms with Crippen molar-refractivity contribution in [3.05, 3.63) is 35.4 Å². The van der Waals surface area contributed by atoms with Crippen LogP contribution in [0.4, 0.5) is 8.78 Å². The molecular formula is C16H21BrF2. The molecule has 2 unspecified atom stereocenters. The van der Waals surface area contributed by atoms with Gasteiger partial charge in [0, 0.05) is 4.83 Å². The summed E-state index contributed by atoms with van der Waals surface area (Å²) in [5.74, 6) is -0.926. The van der Waals surface area contributed by atoms with E-state index in [-0.39, 0.29) is 10.2 Å². The summed E-state index contributed by atoms with van der Waals surface area (Å²) >= 11 is 3.72. The molecule has 0 saturated heterocycles. The smallest absolute Gasteiger partial charge is 0.162 e. The lowest BCUT2D eigenvalue weighted by Crippen LogP contribution is -2.35. The molecule has 1 aromatic rings. The van der Waals surface area contributed by atoms with Crippen LogP contribution in [0.15, 0.2) is 18.2 Å². The minimum absolute atomic E-state index is 0.207. The highest BCUT2D eigenvalue weighted by atomic mass is 79.9. The lowest BCUT2D eigenvalue weighted by atomic mass is 9.67. The molecule has 2 rings (SSSR count). The molecule has 0 aliphatic heterocycles. The zero-order valence-corrected chi connectivity index (χ0v) is 13.1. The molecule has 0 aromatic heterocycles. The van der Waals surface area contributed by atoms with Gasteiger partial charge in [-0.05, 0) is 42.2 Å². The Balaban J connectivity index is 2.12. The van der Waals surface area contributed by atoms with Crippen LogP contribution in [0.1, 0.15) is 45.1 Å². The van der Waals surface area contributed by atoms with Crippen LogP contribution in [0.3, 0.4) is 0 Å². The van der Waals surface area contributed by atoms with Crippen molar-refractivity contribution in [1.82, 2.24) is 0 Å². The van der Waals surface area contributed by atoms with Crippen molar-refractivity contribution in [3.8, 4) is 0 Å². The van der Waals surface area contributed by atoms with Crippen molar-refractivity contribution in [2.75, 3.05) is 0 Å². The summed E-state index contributed by atoms with van der Waals surface area (Å²) in [5.41, 5.74) is 0.749. The minimum Gasteiger partial charge on any atom is -0.204 e. The van der Waals surface area contributed by atoms with E-state index in [9.17, 15) is 8.78 Å². The Morgan fingerprint density at radius 3 is 2.74 bits per heavy atom. The lowest BCUT2D eigenvalue weighted by molar-refractivity contribution is 0.136. The van der Waals surface area contributed by atoms with Gasteiger partial charge in [0.05, 0.1) is 0 Å². The SMILES string of the molecule is CC1(C)CCCCC1C(Br)Cc1cccc(F)c1F. The first-order valence-corrected chi connectivity index (χ1v) is 7.90.